The van der Waals surface area contributed by atoms with Crippen LogP contribution < -0.4 is 14.2 Å². The van der Waals surface area contributed by atoms with Crippen LogP contribution in [0.1, 0.15) is 36.2 Å². The van der Waals surface area contributed by atoms with Crippen molar-refractivity contribution in [1.82, 2.24) is 0 Å². The van der Waals surface area contributed by atoms with E-state index in [1.807, 2.05) is 32.0 Å². The van der Waals surface area contributed by atoms with Crippen LogP contribution in [-0.4, -0.2) is 26.6 Å². The summed E-state index contributed by atoms with van der Waals surface area (Å²) in [7, 11) is 3.24. The van der Waals surface area contributed by atoms with Gasteiger partial charge in [-0.15, -0.1) is 0 Å². The van der Waals surface area contributed by atoms with Gasteiger partial charge in [-0.25, -0.2) is 0 Å². The quantitative estimate of drug-likeness (QED) is 0.478. The fraction of sp³-hybridized carbons (Fsp3) is 0.318. The number of rotatable bonds is 9. The summed E-state index contributed by atoms with van der Waals surface area (Å²) in [5.41, 5.74) is 1.25. The van der Waals surface area contributed by atoms with Gasteiger partial charge in [-0.1, -0.05) is 32.6 Å². The van der Waals surface area contributed by atoms with E-state index < -0.39 is 0 Å². The first-order chi connectivity index (χ1) is 12.4. The SMILES string of the molecule is C=CCOc1ccc(C(=O)CC(C)(C)c2ccc(OC)cc2OC)cc1. The summed E-state index contributed by atoms with van der Waals surface area (Å²) >= 11 is 0. The first kappa shape index (κ1) is 19.6. The van der Waals surface area contributed by atoms with Crippen LogP contribution in [0.2, 0.25) is 0 Å². The van der Waals surface area contributed by atoms with Crippen molar-refractivity contribution in [2.24, 2.45) is 0 Å². The van der Waals surface area contributed by atoms with Gasteiger partial charge in [0.15, 0.2) is 5.78 Å². The lowest BCUT2D eigenvalue weighted by atomic mass is 9.78. The van der Waals surface area contributed by atoms with Gasteiger partial charge in [-0.3, -0.25) is 4.79 Å². The van der Waals surface area contributed by atoms with E-state index >= 15 is 0 Å². The number of hydrogen-bond donors (Lipinski definition) is 0. The molecule has 4 heteroatoms. The molecule has 0 saturated carbocycles. The smallest absolute Gasteiger partial charge is 0.163 e. The molecular formula is C22H26O4. The Morgan fingerprint density at radius 2 is 1.69 bits per heavy atom. The van der Waals surface area contributed by atoms with Crippen LogP contribution in [0.3, 0.4) is 0 Å². The van der Waals surface area contributed by atoms with Gasteiger partial charge < -0.3 is 14.2 Å². The summed E-state index contributed by atoms with van der Waals surface area (Å²) in [5.74, 6) is 2.24. The van der Waals surface area contributed by atoms with E-state index in [4.69, 9.17) is 14.2 Å². The summed E-state index contributed by atoms with van der Waals surface area (Å²) in [6, 6.07) is 12.9. The Bertz CT molecular complexity index is 760. The normalized spacial score (nSPS) is 10.9. The minimum absolute atomic E-state index is 0.0724. The highest BCUT2D eigenvalue weighted by Gasteiger charge is 2.28. The van der Waals surface area contributed by atoms with Crippen LogP contribution in [0.15, 0.2) is 55.1 Å². The van der Waals surface area contributed by atoms with Crippen LogP contribution in [0, 0.1) is 0 Å². The van der Waals surface area contributed by atoms with Crippen molar-refractivity contribution in [2.45, 2.75) is 25.7 Å². The third-order valence-electron chi connectivity index (χ3n) is 4.28. The second kappa shape index (κ2) is 8.56. The van der Waals surface area contributed by atoms with Crippen molar-refractivity contribution in [1.29, 1.82) is 0 Å². The van der Waals surface area contributed by atoms with Gasteiger partial charge in [-0.2, -0.15) is 0 Å². The largest absolute Gasteiger partial charge is 0.497 e. The van der Waals surface area contributed by atoms with Crippen molar-refractivity contribution in [3.8, 4) is 17.2 Å². The molecule has 0 bridgehead atoms. The first-order valence-electron chi connectivity index (χ1n) is 8.50. The molecule has 0 N–H and O–H groups in total. The Balaban J connectivity index is 2.17. The fourth-order valence-corrected chi connectivity index (χ4v) is 2.85. The molecule has 0 aliphatic carbocycles. The Kier molecular flexibility index (Phi) is 6.45. The maximum Gasteiger partial charge on any atom is 0.163 e. The van der Waals surface area contributed by atoms with E-state index in [2.05, 4.69) is 6.58 Å². The van der Waals surface area contributed by atoms with Crippen LogP contribution in [-0.2, 0) is 5.41 Å². The highest BCUT2D eigenvalue weighted by Crippen LogP contribution is 2.37. The second-order valence-electron chi connectivity index (χ2n) is 6.67. The van der Waals surface area contributed by atoms with Crippen molar-refractivity contribution < 1.29 is 19.0 Å². The molecule has 0 aliphatic rings. The average Bonchev–Trinajstić information content (AvgIpc) is 2.65. The molecule has 0 aromatic heterocycles. The maximum atomic E-state index is 12.8. The number of ether oxygens (including phenoxy) is 3. The molecule has 138 valence electrons. The Morgan fingerprint density at radius 1 is 1.04 bits per heavy atom. The van der Waals surface area contributed by atoms with Crippen LogP contribution in [0.5, 0.6) is 17.2 Å². The number of hydrogen-bond acceptors (Lipinski definition) is 4. The molecule has 26 heavy (non-hydrogen) atoms. The molecule has 0 saturated heterocycles. The molecule has 0 heterocycles. The lowest BCUT2D eigenvalue weighted by Gasteiger charge is -2.27. The Morgan fingerprint density at radius 3 is 2.27 bits per heavy atom. The van der Waals surface area contributed by atoms with E-state index in [9.17, 15) is 4.79 Å². The topological polar surface area (TPSA) is 44.8 Å². The summed E-state index contributed by atoms with van der Waals surface area (Å²) < 4.78 is 16.2. The third kappa shape index (κ3) is 4.66. The predicted octanol–water partition coefficient (Wildman–Crippen LogP) is 4.82. The Hall–Kier alpha value is -2.75. The van der Waals surface area contributed by atoms with Crippen molar-refractivity contribution in [3.63, 3.8) is 0 Å². The maximum absolute atomic E-state index is 12.8. The lowest BCUT2D eigenvalue weighted by Crippen LogP contribution is -2.23. The van der Waals surface area contributed by atoms with Gasteiger partial charge in [0.2, 0.25) is 0 Å². The highest BCUT2D eigenvalue weighted by molar-refractivity contribution is 5.97. The standard InChI is InChI=1S/C22H26O4/c1-6-13-26-17-9-7-16(8-10-17)20(23)15-22(2,3)19-12-11-18(24-4)14-21(19)25-5/h6-12,14H,1,13,15H2,2-5H3. The van der Waals surface area contributed by atoms with Crippen molar-refractivity contribution in [2.75, 3.05) is 20.8 Å². The number of benzene rings is 2. The van der Waals surface area contributed by atoms with Crippen LogP contribution in [0.4, 0.5) is 0 Å². The zero-order chi connectivity index (χ0) is 19.2. The highest BCUT2D eigenvalue weighted by atomic mass is 16.5. The van der Waals surface area contributed by atoms with Gasteiger partial charge in [0.1, 0.15) is 23.9 Å². The molecule has 0 amide bonds. The number of carbonyl (C=O) groups is 1. The number of Topliss-reactive ketones (excluding diaryl/α,β-unsaturated/α-hetero) is 1. The molecular weight excluding hydrogens is 328 g/mol. The predicted molar refractivity (Wildman–Crippen MR) is 104 cm³/mol. The summed E-state index contributed by atoms with van der Waals surface area (Å²) in [6.45, 7) is 8.14. The van der Waals surface area contributed by atoms with Crippen molar-refractivity contribution in [3.05, 3.63) is 66.2 Å². The van der Waals surface area contributed by atoms with E-state index in [0.29, 0.717) is 18.6 Å². The zero-order valence-electron chi connectivity index (χ0n) is 15.9. The number of methoxy groups -OCH3 is 2. The van der Waals surface area contributed by atoms with Gasteiger partial charge >= 0.3 is 0 Å². The molecule has 0 unspecified atom stereocenters. The van der Waals surface area contributed by atoms with Gasteiger partial charge in [0.25, 0.3) is 0 Å². The molecule has 2 aromatic carbocycles. The fourth-order valence-electron chi connectivity index (χ4n) is 2.85. The third-order valence-corrected chi connectivity index (χ3v) is 4.28. The van der Waals surface area contributed by atoms with E-state index in [0.717, 1.165) is 22.8 Å². The molecule has 2 rings (SSSR count). The molecule has 0 atom stereocenters. The first-order valence-corrected chi connectivity index (χ1v) is 8.50. The molecule has 0 radical (unpaired) electrons. The van der Waals surface area contributed by atoms with Gasteiger partial charge in [0, 0.05) is 29.0 Å². The number of carbonyl (C=O) groups excluding carboxylic acids is 1. The number of ketones is 1. The average molecular weight is 354 g/mol. The zero-order valence-corrected chi connectivity index (χ0v) is 15.9. The molecule has 0 aliphatic heterocycles. The van der Waals surface area contributed by atoms with Crippen molar-refractivity contribution >= 4 is 5.78 Å². The van der Waals surface area contributed by atoms with Gasteiger partial charge in [-0.05, 0) is 30.3 Å². The van der Waals surface area contributed by atoms with E-state index in [-0.39, 0.29) is 11.2 Å². The molecule has 0 spiro atoms. The minimum atomic E-state index is -0.382. The summed E-state index contributed by atoms with van der Waals surface area (Å²) in [4.78, 5) is 12.8. The van der Waals surface area contributed by atoms with Gasteiger partial charge in [0.05, 0.1) is 14.2 Å². The molecule has 2 aromatic rings. The van der Waals surface area contributed by atoms with E-state index in [1.165, 1.54) is 0 Å². The van der Waals surface area contributed by atoms with Crippen LogP contribution >= 0.6 is 0 Å². The monoisotopic (exact) mass is 354 g/mol. The summed E-state index contributed by atoms with van der Waals surface area (Å²) in [5, 5.41) is 0. The molecule has 0 fully saturated rings. The molecule has 4 nitrogen and oxygen atoms in total. The second-order valence-corrected chi connectivity index (χ2v) is 6.67. The van der Waals surface area contributed by atoms with E-state index in [1.54, 1.807) is 44.6 Å². The lowest BCUT2D eigenvalue weighted by molar-refractivity contribution is 0.0957. The van der Waals surface area contributed by atoms with Crippen LogP contribution in [0.25, 0.3) is 0 Å². The Labute approximate surface area is 155 Å². The summed E-state index contributed by atoms with van der Waals surface area (Å²) in [6.07, 6.45) is 2.05. The minimum Gasteiger partial charge on any atom is -0.497 e.